The zero-order valence-corrected chi connectivity index (χ0v) is 17.9. The molecule has 2 atom stereocenters. The minimum atomic E-state index is -1.05. The van der Waals surface area contributed by atoms with Crippen LogP contribution in [0.15, 0.2) is 29.4 Å². The average Bonchev–Trinajstić information content (AvgIpc) is 3.13. The fourth-order valence-electron chi connectivity index (χ4n) is 4.17. The van der Waals surface area contributed by atoms with Crippen molar-refractivity contribution in [3.63, 3.8) is 0 Å². The third-order valence-corrected chi connectivity index (χ3v) is 7.57. The van der Waals surface area contributed by atoms with Gasteiger partial charge in [-0.05, 0) is 36.5 Å². The van der Waals surface area contributed by atoms with Gasteiger partial charge >= 0.3 is 0 Å². The van der Waals surface area contributed by atoms with E-state index in [1.165, 1.54) is 5.56 Å². The Morgan fingerprint density at radius 2 is 1.97 bits per heavy atom. The first kappa shape index (κ1) is 20.4. The molecule has 4 heterocycles. The van der Waals surface area contributed by atoms with Gasteiger partial charge in [0.15, 0.2) is 0 Å². The Bertz CT molecular complexity index is 869. The third-order valence-electron chi connectivity index (χ3n) is 6.10. The summed E-state index contributed by atoms with van der Waals surface area (Å²) in [6.07, 6.45) is 6.57. The number of pyridine rings is 1. The van der Waals surface area contributed by atoms with Crippen molar-refractivity contribution >= 4 is 22.6 Å². The van der Waals surface area contributed by atoms with E-state index in [9.17, 15) is 9.32 Å². The lowest BCUT2D eigenvalue weighted by Crippen LogP contribution is -2.87. The van der Waals surface area contributed by atoms with Gasteiger partial charge in [-0.15, -0.1) is 0 Å². The predicted octanol–water partition coefficient (Wildman–Crippen LogP) is 1.13. The molecule has 8 heteroatoms. The summed E-state index contributed by atoms with van der Waals surface area (Å²) in [5, 5.41) is 11.8. The van der Waals surface area contributed by atoms with E-state index < -0.39 is 10.8 Å². The lowest BCUT2D eigenvalue weighted by molar-refractivity contribution is -0.625. The Kier molecular flexibility index (Phi) is 6.22. The zero-order valence-electron chi connectivity index (χ0n) is 17.1. The van der Waals surface area contributed by atoms with E-state index in [1.54, 1.807) is 0 Å². The first-order valence-electron chi connectivity index (χ1n) is 10.5. The standard InChI is InChI=1S/C21H29N5O2S/c1-14(2)18(13-27)23-20-19-17(7-12-29(19)28)24-21(25-20)26-10-5-16(6-11-26)15-3-8-22-9-4-15/h3-4,8-9,14,16,18,27H,5-7,10-13H2,1-2H3,(H,23,24,25)/p+1/t18-,29?/m0/s1. The van der Waals surface area contributed by atoms with Gasteiger partial charge in [0, 0.05) is 43.6 Å². The Balaban J connectivity index is 1.55. The number of aliphatic hydroxyl groups is 1. The number of nitrogens with two attached hydrogens (primary N) is 1. The monoisotopic (exact) mass is 416 g/mol. The first-order valence-corrected chi connectivity index (χ1v) is 11.8. The molecule has 0 aromatic carbocycles. The Morgan fingerprint density at radius 1 is 1.24 bits per heavy atom. The number of nitrogens with zero attached hydrogens (tertiary/aromatic N) is 4. The second-order valence-electron chi connectivity index (χ2n) is 8.28. The van der Waals surface area contributed by atoms with Crippen molar-refractivity contribution in [2.75, 3.05) is 30.3 Å². The van der Waals surface area contributed by atoms with E-state index >= 15 is 0 Å². The molecule has 2 aliphatic heterocycles. The number of aryl methyl sites for hydroxylation is 1. The van der Waals surface area contributed by atoms with Crippen LogP contribution in [0, 0.1) is 5.92 Å². The molecular weight excluding hydrogens is 386 g/mol. The van der Waals surface area contributed by atoms with Crippen LogP contribution in [0.4, 0.5) is 11.8 Å². The Morgan fingerprint density at radius 3 is 2.62 bits per heavy atom. The molecule has 2 aliphatic rings. The number of hydrogen-bond acceptors (Lipinski definition) is 6. The summed E-state index contributed by atoms with van der Waals surface area (Å²) < 4.78 is 12.5. The molecular formula is C21H30N5O2S+. The van der Waals surface area contributed by atoms with Crippen molar-refractivity contribution in [1.29, 1.82) is 0 Å². The second kappa shape index (κ2) is 8.85. The maximum absolute atomic E-state index is 12.5. The van der Waals surface area contributed by atoms with Gasteiger partial charge in [0.05, 0.1) is 23.1 Å². The molecule has 0 aliphatic carbocycles. The largest absolute Gasteiger partial charge is 0.390 e. The molecule has 0 radical (unpaired) electrons. The maximum atomic E-state index is 12.5. The molecule has 0 saturated carbocycles. The Hall–Kier alpha value is -1.90. The highest BCUT2D eigenvalue weighted by Crippen LogP contribution is 2.32. The SMILES string of the molecule is CC(C)[C@H](CO)[NH2+]c1nc(N2CCC(c3ccncc3)CC2)nc2c1S(=O)CC2. The maximum Gasteiger partial charge on any atom is 0.246 e. The van der Waals surface area contributed by atoms with E-state index in [1.807, 2.05) is 17.7 Å². The summed E-state index contributed by atoms with van der Waals surface area (Å²) >= 11 is 0. The number of fused-ring (bicyclic) bond motifs is 1. The van der Waals surface area contributed by atoms with Gasteiger partial charge in [0.1, 0.15) is 10.9 Å². The van der Waals surface area contributed by atoms with Crippen molar-refractivity contribution in [1.82, 2.24) is 15.0 Å². The smallest absolute Gasteiger partial charge is 0.246 e. The number of hydrogen-bond donors (Lipinski definition) is 2. The van der Waals surface area contributed by atoms with Crippen molar-refractivity contribution < 1.29 is 14.6 Å². The quantitative estimate of drug-likeness (QED) is 0.733. The lowest BCUT2D eigenvalue weighted by Gasteiger charge is -2.32. The molecule has 3 N–H and O–H groups in total. The van der Waals surface area contributed by atoms with Gasteiger partial charge in [-0.3, -0.25) is 14.5 Å². The summed E-state index contributed by atoms with van der Waals surface area (Å²) in [6.45, 7) is 6.04. The van der Waals surface area contributed by atoms with Gasteiger partial charge in [-0.2, -0.15) is 4.98 Å². The van der Waals surface area contributed by atoms with E-state index in [0.29, 0.717) is 17.6 Å². The summed E-state index contributed by atoms with van der Waals surface area (Å²) in [5.41, 5.74) is 2.26. The Labute approximate surface area is 174 Å². The molecule has 2 aromatic rings. The first-order chi connectivity index (χ1) is 14.1. The topological polar surface area (TPSA) is 95.8 Å². The van der Waals surface area contributed by atoms with Crippen LogP contribution < -0.4 is 10.2 Å². The highest BCUT2D eigenvalue weighted by molar-refractivity contribution is 7.85. The number of aromatic nitrogens is 3. The second-order valence-corrected chi connectivity index (χ2v) is 9.79. The minimum absolute atomic E-state index is 0.00289. The molecule has 1 fully saturated rings. The van der Waals surface area contributed by atoms with Gasteiger partial charge in [0.25, 0.3) is 0 Å². The fraction of sp³-hybridized carbons (Fsp3) is 0.571. The van der Waals surface area contributed by atoms with E-state index in [0.717, 1.165) is 54.7 Å². The summed E-state index contributed by atoms with van der Waals surface area (Å²) in [7, 11) is -1.05. The molecule has 29 heavy (non-hydrogen) atoms. The molecule has 4 rings (SSSR count). The van der Waals surface area contributed by atoms with Crippen LogP contribution in [-0.4, -0.2) is 55.8 Å². The normalized spacial score (nSPS) is 20.8. The van der Waals surface area contributed by atoms with Crippen LogP contribution in [0.5, 0.6) is 0 Å². The summed E-state index contributed by atoms with van der Waals surface area (Å²) in [5.74, 6) is 2.94. The number of rotatable bonds is 6. The molecule has 0 amide bonds. The molecule has 0 bridgehead atoms. The fourth-order valence-corrected chi connectivity index (χ4v) is 5.51. The van der Waals surface area contributed by atoms with E-state index in [2.05, 4.69) is 35.9 Å². The van der Waals surface area contributed by atoms with Gasteiger partial charge < -0.3 is 10.0 Å². The van der Waals surface area contributed by atoms with Crippen LogP contribution in [0.25, 0.3) is 0 Å². The molecule has 0 spiro atoms. The number of piperidine rings is 1. The van der Waals surface area contributed by atoms with Crippen LogP contribution >= 0.6 is 0 Å². The lowest BCUT2D eigenvalue weighted by atomic mass is 9.90. The van der Waals surface area contributed by atoms with Crippen LogP contribution in [0.1, 0.15) is 43.9 Å². The summed E-state index contributed by atoms with van der Waals surface area (Å²) in [4.78, 5) is 16.8. The number of quaternary nitrogens is 1. The van der Waals surface area contributed by atoms with Crippen molar-refractivity contribution in [3.05, 3.63) is 35.8 Å². The van der Waals surface area contributed by atoms with E-state index in [-0.39, 0.29) is 12.6 Å². The highest BCUT2D eigenvalue weighted by Gasteiger charge is 2.32. The van der Waals surface area contributed by atoms with Gasteiger partial charge in [-0.25, -0.2) is 4.98 Å². The highest BCUT2D eigenvalue weighted by atomic mass is 32.2. The minimum Gasteiger partial charge on any atom is -0.390 e. The van der Waals surface area contributed by atoms with Crippen molar-refractivity contribution in [2.45, 2.75) is 50.0 Å². The molecule has 1 unspecified atom stereocenters. The number of aliphatic hydroxyl groups excluding tert-OH is 1. The average molecular weight is 417 g/mol. The molecule has 2 aromatic heterocycles. The molecule has 7 nitrogen and oxygen atoms in total. The summed E-state index contributed by atoms with van der Waals surface area (Å²) in [6, 6.07) is 4.21. The van der Waals surface area contributed by atoms with E-state index in [4.69, 9.17) is 9.97 Å². The van der Waals surface area contributed by atoms with Crippen molar-refractivity contribution in [2.24, 2.45) is 5.92 Å². The van der Waals surface area contributed by atoms with Crippen molar-refractivity contribution in [3.8, 4) is 0 Å². The number of anilines is 1. The van der Waals surface area contributed by atoms with Crippen LogP contribution in [0.3, 0.4) is 0 Å². The van der Waals surface area contributed by atoms with Gasteiger partial charge in [0.2, 0.25) is 11.8 Å². The van der Waals surface area contributed by atoms with Gasteiger partial charge in [-0.1, -0.05) is 13.8 Å². The zero-order chi connectivity index (χ0) is 20.4. The molecule has 1 saturated heterocycles. The van der Waals surface area contributed by atoms with Crippen LogP contribution in [-0.2, 0) is 17.2 Å². The third kappa shape index (κ3) is 4.34. The van der Waals surface area contributed by atoms with Crippen LogP contribution in [0.2, 0.25) is 0 Å². The predicted molar refractivity (Wildman–Crippen MR) is 113 cm³/mol. The molecule has 156 valence electrons.